The van der Waals surface area contributed by atoms with Crippen LogP contribution in [0.2, 0.25) is 0 Å². The zero-order valence-corrected chi connectivity index (χ0v) is 9.67. The summed E-state index contributed by atoms with van der Waals surface area (Å²) in [6, 6.07) is 7.14. The molecule has 1 rings (SSSR count). The van der Waals surface area contributed by atoms with Crippen LogP contribution in [0.25, 0.3) is 0 Å². The Balaban J connectivity index is 2.20. The maximum absolute atomic E-state index is 8.59. The molecule has 1 aromatic carbocycles. The van der Waals surface area contributed by atoms with E-state index < -0.39 is 0 Å². The highest BCUT2D eigenvalue weighted by Crippen LogP contribution is 2.17. The Hall–Kier alpha value is -1.30. The van der Waals surface area contributed by atoms with Gasteiger partial charge in [0.2, 0.25) is 0 Å². The molecule has 0 heterocycles. The van der Waals surface area contributed by atoms with Gasteiger partial charge in [-0.1, -0.05) is 0 Å². The maximum Gasteiger partial charge on any atom is 0.119 e. The van der Waals surface area contributed by atoms with Gasteiger partial charge in [0, 0.05) is 0 Å². The molecule has 17 heavy (non-hydrogen) atoms. The summed E-state index contributed by atoms with van der Waals surface area (Å²) in [7, 11) is 0. The van der Waals surface area contributed by atoms with Gasteiger partial charge in [0.15, 0.2) is 0 Å². The minimum Gasteiger partial charge on any atom is -0.491 e. The third-order valence-electron chi connectivity index (χ3n) is 1.92. The first-order valence-corrected chi connectivity index (χ1v) is 5.52. The second-order valence-electron chi connectivity index (χ2n) is 3.23. The van der Waals surface area contributed by atoms with Crippen LogP contribution in [0.5, 0.6) is 11.5 Å². The molecule has 0 aliphatic carbocycles. The van der Waals surface area contributed by atoms with Crippen molar-refractivity contribution in [2.75, 3.05) is 39.6 Å². The molecule has 5 heteroatoms. The van der Waals surface area contributed by atoms with Gasteiger partial charge in [-0.05, 0) is 24.3 Å². The highest BCUT2D eigenvalue weighted by molar-refractivity contribution is 5.31. The molecule has 0 fully saturated rings. The van der Waals surface area contributed by atoms with Crippen LogP contribution in [0, 0.1) is 0 Å². The van der Waals surface area contributed by atoms with Crippen molar-refractivity contribution in [2.24, 2.45) is 0 Å². The Morgan fingerprint density at radius 1 is 0.706 bits per heavy atom. The van der Waals surface area contributed by atoms with Gasteiger partial charge in [-0.2, -0.15) is 0 Å². The topological polar surface area (TPSA) is 68.2 Å². The van der Waals surface area contributed by atoms with E-state index in [-0.39, 0.29) is 19.8 Å². The van der Waals surface area contributed by atoms with E-state index in [2.05, 4.69) is 0 Å². The van der Waals surface area contributed by atoms with Gasteiger partial charge >= 0.3 is 0 Å². The minimum atomic E-state index is 0.000444. The summed E-state index contributed by atoms with van der Waals surface area (Å²) >= 11 is 0. The Bertz CT molecular complexity index is 285. The Labute approximate surface area is 101 Å². The van der Waals surface area contributed by atoms with Crippen LogP contribution in [0.15, 0.2) is 24.3 Å². The van der Waals surface area contributed by atoms with Gasteiger partial charge < -0.3 is 24.4 Å². The number of benzene rings is 1. The van der Waals surface area contributed by atoms with Crippen molar-refractivity contribution < 1.29 is 24.4 Å². The van der Waals surface area contributed by atoms with Crippen molar-refractivity contribution in [1.82, 2.24) is 0 Å². The van der Waals surface area contributed by atoms with E-state index in [0.29, 0.717) is 25.6 Å². The van der Waals surface area contributed by atoms with Crippen LogP contribution < -0.4 is 9.47 Å². The lowest BCUT2D eigenvalue weighted by molar-refractivity contribution is 0.0705. The number of hydrogen-bond acceptors (Lipinski definition) is 5. The molecule has 0 saturated carbocycles. The summed E-state index contributed by atoms with van der Waals surface area (Å²) in [5.74, 6) is 1.43. The van der Waals surface area contributed by atoms with E-state index in [1.165, 1.54) is 0 Å². The number of hydrogen-bond donors (Lipinski definition) is 2. The van der Waals surface area contributed by atoms with E-state index >= 15 is 0 Å². The predicted octanol–water partition coefficient (Wildman–Crippen LogP) is 0.445. The van der Waals surface area contributed by atoms with Gasteiger partial charge in [-0.3, -0.25) is 0 Å². The zero-order valence-electron chi connectivity index (χ0n) is 9.67. The number of ether oxygens (including phenoxy) is 3. The van der Waals surface area contributed by atoms with E-state index in [0.717, 1.165) is 5.75 Å². The summed E-state index contributed by atoms with van der Waals surface area (Å²) < 4.78 is 15.7. The van der Waals surface area contributed by atoms with Gasteiger partial charge in [-0.15, -0.1) is 0 Å². The summed E-state index contributed by atoms with van der Waals surface area (Å²) in [6.45, 7) is 1.53. The average Bonchev–Trinajstić information content (AvgIpc) is 2.37. The molecule has 0 atom stereocenters. The van der Waals surface area contributed by atoms with Gasteiger partial charge in [-0.25, -0.2) is 0 Å². The fraction of sp³-hybridized carbons (Fsp3) is 0.500. The van der Waals surface area contributed by atoms with Crippen LogP contribution in [-0.2, 0) is 4.74 Å². The average molecular weight is 242 g/mol. The molecule has 96 valence electrons. The second kappa shape index (κ2) is 8.81. The molecule has 0 aliphatic rings. The third-order valence-corrected chi connectivity index (χ3v) is 1.92. The largest absolute Gasteiger partial charge is 0.491 e. The Morgan fingerprint density at radius 3 is 1.76 bits per heavy atom. The number of aliphatic hydroxyl groups excluding tert-OH is 2. The molecule has 0 unspecified atom stereocenters. The number of rotatable bonds is 9. The summed E-state index contributed by atoms with van der Waals surface area (Å²) in [5, 5.41) is 17.1. The van der Waals surface area contributed by atoms with Crippen molar-refractivity contribution in [3.63, 3.8) is 0 Å². The fourth-order valence-corrected chi connectivity index (χ4v) is 1.18. The van der Waals surface area contributed by atoms with Crippen LogP contribution in [0.1, 0.15) is 0 Å². The Morgan fingerprint density at radius 2 is 1.24 bits per heavy atom. The summed E-state index contributed by atoms with van der Waals surface area (Å²) in [5.41, 5.74) is 0. The minimum absolute atomic E-state index is 0.000444. The maximum atomic E-state index is 8.59. The van der Waals surface area contributed by atoms with Gasteiger partial charge in [0.05, 0.1) is 26.4 Å². The van der Waals surface area contributed by atoms with Crippen molar-refractivity contribution in [3.05, 3.63) is 24.3 Å². The molecule has 1 aromatic rings. The highest BCUT2D eigenvalue weighted by atomic mass is 16.5. The first kappa shape index (κ1) is 13.8. The van der Waals surface area contributed by atoms with Crippen LogP contribution >= 0.6 is 0 Å². The van der Waals surface area contributed by atoms with Crippen molar-refractivity contribution in [3.8, 4) is 11.5 Å². The van der Waals surface area contributed by atoms with Crippen molar-refractivity contribution >= 4 is 0 Å². The van der Waals surface area contributed by atoms with E-state index in [9.17, 15) is 0 Å². The predicted molar refractivity (Wildman–Crippen MR) is 62.4 cm³/mol. The molecular weight excluding hydrogens is 224 g/mol. The second-order valence-corrected chi connectivity index (χ2v) is 3.23. The molecule has 0 bridgehead atoms. The van der Waals surface area contributed by atoms with Crippen molar-refractivity contribution in [1.29, 1.82) is 0 Å². The fourth-order valence-electron chi connectivity index (χ4n) is 1.18. The molecule has 2 N–H and O–H groups in total. The molecule has 5 nitrogen and oxygen atoms in total. The molecule has 0 radical (unpaired) electrons. The van der Waals surface area contributed by atoms with Crippen LogP contribution in [0.3, 0.4) is 0 Å². The van der Waals surface area contributed by atoms with Crippen molar-refractivity contribution in [2.45, 2.75) is 0 Å². The first-order chi connectivity index (χ1) is 8.36. The molecular formula is C12H18O5. The van der Waals surface area contributed by atoms with Gasteiger partial charge in [0.25, 0.3) is 0 Å². The summed E-state index contributed by atoms with van der Waals surface area (Å²) in [4.78, 5) is 0. The molecule has 0 spiro atoms. The summed E-state index contributed by atoms with van der Waals surface area (Å²) in [6.07, 6.45) is 0. The highest BCUT2D eigenvalue weighted by Gasteiger charge is 1.96. The van der Waals surface area contributed by atoms with E-state index in [1.54, 1.807) is 24.3 Å². The third kappa shape index (κ3) is 6.11. The quantitative estimate of drug-likeness (QED) is 0.615. The molecule has 0 saturated heterocycles. The van der Waals surface area contributed by atoms with E-state index in [1.807, 2.05) is 0 Å². The molecule has 0 amide bonds. The standard InChI is InChI=1S/C12H18O5/c13-5-7-15-9-10-17-12-3-1-11(2-4-12)16-8-6-14/h1-4,13-14H,5-10H2. The zero-order chi connectivity index (χ0) is 12.3. The van der Waals surface area contributed by atoms with E-state index in [4.69, 9.17) is 24.4 Å². The lowest BCUT2D eigenvalue weighted by Gasteiger charge is -2.08. The molecule has 0 aromatic heterocycles. The first-order valence-electron chi connectivity index (χ1n) is 5.52. The lowest BCUT2D eigenvalue weighted by Crippen LogP contribution is -2.09. The van der Waals surface area contributed by atoms with Crippen LogP contribution in [0.4, 0.5) is 0 Å². The van der Waals surface area contributed by atoms with Crippen LogP contribution in [-0.4, -0.2) is 49.9 Å². The Kier molecular flexibility index (Phi) is 7.13. The number of aliphatic hydroxyl groups is 2. The molecule has 0 aliphatic heterocycles. The lowest BCUT2D eigenvalue weighted by atomic mass is 10.3. The SMILES string of the molecule is OCCOCCOc1ccc(OCCO)cc1. The van der Waals surface area contributed by atoms with Gasteiger partial charge in [0.1, 0.15) is 24.7 Å². The smallest absolute Gasteiger partial charge is 0.119 e. The monoisotopic (exact) mass is 242 g/mol. The normalized spacial score (nSPS) is 10.2.